The molecule has 0 unspecified atom stereocenters. The van der Waals surface area contributed by atoms with Gasteiger partial charge in [0.2, 0.25) is 11.7 Å². The lowest BCUT2D eigenvalue weighted by Gasteiger charge is -2.12. The van der Waals surface area contributed by atoms with E-state index in [4.69, 9.17) is 0 Å². The summed E-state index contributed by atoms with van der Waals surface area (Å²) in [7, 11) is 0. The van der Waals surface area contributed by atoms with Gasteiger partial charge in [0.1, 0.15) is 0 Å². The summed E-state index contributed by atoms with van der Waals surface area (Å²) in [6.45, 7) is 6.75. The molecular formula is C23H25N5O2S. The lowest BCUT2D eigenvalue weighted by Crippen LogP contribution is -2.25. The Kier molecular flexibility index (Phi) is 6.08. The van der Waals surface area contributed by atoms with E-state index in [1.165, 1.54) is 17.3 Å². The van der Waals surface area contributed by atoms with Crippen LogP contribution in [0.15, 0.2) is 58.5 Å². The van der Waals surface area contributed by atoms with Crippen LogP contribution >= 0.6 is 11.8 Å². The number of aryl methyl sites for hydroxylation is 1. The third-order valence-electron chi connectivity index (χ3n) is 5.00. The fourth-order valence-electron chi connectivity index (χ4n) is 3.51. The zero-order chi connectivity index (χ0) is 22.0. The fraction of sp³-hybridized carbons (Fsp3) is 0.304. The van der Waals surface area contributed by atoms with Crippen molar-refractivity contribution in [1.29, 1.82) is 0 Å². The lowest BCUT2D eigenvalue weighted by molar-refractivity contribution is -0.113. The highest BCUT2D eigenvalue weighted by molar-refractivity contribution is 7.99. The summed E-state index contributed by atoms with van der Waals surface area (Å²) in [4.78, 5) is 25.5. The molecule has 8 heteroatoms. The minimum Gasteiger partial charge on any atom is -0.325 e. The normalized spacial score (nSPS) is 11.5. The van der Waals surface area contributed by atoms with E-state index in [9.17, 15) is 9.59 Å². The van der Waals surface area contributed by atoms with Crippen molar-refractivity contribution < 1.29 is 4.79 Å². The van der Waals surface area contributed by atoms with E-state index in [0.29, 0.717) is 22.9 Å². The Morgan fingerprint density at radius 1 is 1.10 bits per heavy atom. The number of nitrogens with one attached hydrogen (secondary N) is 1. The molecule has 31 heavy (non-hydrogen) atoms. The van der Waals surface area contributed by atoms with Crippen molar-refractivity contribution in [3.8, 4) is 0 Å². The molecule has 1 amide bonds. The third kappa shape index (κ3) is 4.34. The van der Waals surface area contributed by atoms with Crippen LogP contribution in [0.1, 0.15) is 26.3 Å². The molecule has 4 aromatic rings. The number of rotatable bonds is 7. The summed E-state index contributed by atoms with van der Waals surface area (Å²) in [5, 5.41) is 12.7. The molecule has 160 valence electrons. The summed E-state index contributed by atoms with van der Waals surface area (Å²) in [5.41, 5.74) is 2.66. The first-order valence-electron chi connectivity index (χ1n) is 10.4. The first kappa shape index (κ1) is 21.1. The summed E-state index contributed by atoms with van der Waals surface area (Å²) in [6, 6.07) is 15.3. The van der Waals surface area contributed by atoms with Crippen LogP contribution in [0.5, 0.6) is 0 Å². The van der Waals surface area contributed by atoms with Crippen molar-refractivity contribution in [3.05, 3.63) is 64.4 Å². The highest BCUT2D eigenvalue weighted by Crippen LogP contribution is 2.22. The molecule has 1 N–H and O–H groups in total. The van der Waals surface area contributed by atoms with Gasteiger partial charge in [0.05, 0.1) is 16.7 Å². The Hall–Kier alpha value is -3.13. The van der Waals surface area contributed by atoms with E-state index in [1.807, 2.05) is 52.9 Å². The quantitative estimate of drug-likeness (QED) is 0.444. The van der Waals surface area contributed by atoms with Crippen molar-refractivity contribution in [3.63, 3.8) is 0 Å². The van der Waals surface area contributed by atoms with Crippen LogP contribution in [0, 0.1) is 5.92 Å². The second-order valence-electron chi connectivity index (χ2n) is 7.83. The Balaban J connectivity index is 1.63. The van der Waals surface area contributed by atoms with Crippen LogP contribution in [0.2, 0.25) is 0 Å². The smallest absolute Gasteiger partial charge is 0.262 e. The average Bonchev–Trinajstić information content (AvgIpc) is 3.19. The number of para-hydroxylation sites is 1. The number of anilines is 1. The summed E-state index contributed by atoms with van der Waals surface area (Å²) in [6.07, 6.45) is 0.958. The molecule has 0 aliphatic carbocycles. The maximum Gasteiger partial charge on any atom is 0.262 e. The lowest BCUT2D eigenvalue weighted by atomic mass is 10.1. The van der Waals surface area contributed by atoms with Crippen LogP contribution in [-0.2, 0) is 17.8 Å². The number of hydrogen-bond acceptors (Lipinski definition) is 5. The number of benzene rings is 2. The van der Waals surface area contributed by atoms with Crippen molar-refractivity contribution >= 4 is 40.0 Å². The highest BCUT2D eigenvalue weighted by Gasteiger charge is 2.18. The molecule has 0 fully saturated rings. The van der Waals surface area contributed by atoms with Gasteiger partial charge < -0.3 is 5.32 Å². The molecule has 2 aromatic heterocycles. The van der Waals surface area contributed by atoms with Gasteiger partial charge in [0, 0.05) is 12.2 Å². The minimum absolute atomic E-state index is 0.0750. The van der Waals surface area contributed by atoms with Crippen LogP contribution < -0.4 is 10.9 Å². The summed E-state index contributed by atoms with van der Waals surface area (Å²) in [5.74, 6) is 0.843. The maximum atomic E-state index is 13.0. The number of thioether (sulfide) groups is 1. The highest BCUT2D eigenvalue weighted by atomic mass is 32.2. The Labute approximate surface area is 184 Å². The number of fused-ring (bicyclic) bond motifs is 3. The second kappa shape index (κ2) is 8.93. The van der Waals surface area contributed by atoms with Crippen molar-refractivity contribution in [1.82, 2.24) is 19.2 Å². The number of hydrogen-bond donors (Lipinski definition) is 1. The zero-order valence-corrected chi connectivity index (χ0v) is 18.6. The van der Waals surface area contributed by atoms with Gasteiger partial charge in [-0.25, -0.2) is 0 Å². The van der Waals surface area contributed by atoms with Gasteiger partial charge in [-0.15, -0.1) is 10.2 Å². The first-order valence-corrected chi connectivity index (χ1v) is 11.3. The molecule has 0 radical (unpaired) electrons. The minimum atomic E-state index is -0.120. The number of carbonyl (C=O) groups excluding carboxylic acids is 1. The molecule has 0 spiro atoms. The predicted molar refractivity (Wildman–Crippen MR) is 125 cm³/mol. The number of amides is 1. The van der Waals surface area contributed by atoms with Gasteiger partial charge >= 0.3 is 0 Å². The Bertz CT molecular complexity index is 1290. The van der Waals surface area contributed by atoms with Crippen LogP contribution in [0.3, 0.4) is 0 Å². The topological polar surface area (TPSA) is 81.3 Å². The number of aromatic nitrogens is 4. The predicted octanol–water partition coefficient (Wildman–Crippen LogP) is 3.99. The molecule has 7 nitrogen and oxygen atoms in total. The molecule has 2 aromatic carbocycles. The second-order valence-corrected chi connectivity index (χ2v) is 8.77. The monoisotopic (exact) mass is 435 g/mol. The van der Waals surface area contributed by atoms with E-state index in [-0.39, 0.29) is 23.1 Å². The van der Waals surface area contributed by atoms with E-state index in [2.05, 4.69) is 36.3 Å². The van der Waals surface area contributed by atoms with Gasteiger partial charge in [0.25, 0.3) is 5.56 Å². The van der Waals surface area contributed by atoms with Crippen molar-refractivity contribution in [2.75, 3.05) is 11.1 Å². The van der Waals surface area contributed by atoms with E-state index in [0.717, 1.165) is 17.6 Å². The van der Waals surface area contributed by atoms with Crippen LogP contribution in [0.25, 0.3) is 16.7 Å². The molecule has 0 atom stereocenters. The van der Waals surface area contributed by atoms with Gasteiger partial charge in [-0.3, -0.25) is 18.6 Å². The number of carbonyl (C=O) groups is 1. The largest absolute Gasteiger partial charge is 0.325 e. The maximum absolute atomic E-state index is 13.0. The molecule has 0 aliphatic heterocycles. The van der Waals surface area contributed by atoms with Crippen molar-refractivity contribution in [2.45, 2.75) is 38.9 Å². The Morgan fingerprint density at radius 3 is 2.55 bits per heavy atom. The van der Waals surface area contributed by atoms with Gasteiger partial charge in [0.15, 0.2) is 5.16 Å². The van der Waals surface area contributed by atoms with E-state index < -0.39 is 0 Å². The van der Waals surface area contributed by atoms with Gasteiger partial charge in [-0.1, -0.05) is 56.8 Å². The van der Waals surface area contributed by atoms with Gasteiger partial charge in [-0.2, -0.15) is 0 Å². The van der Waals surface area contributed by atoms with Gasteiger partial charge in [-0.05, 0) is 42.2 Å². The molecule has 4 rings (SSSR count). The third-order valence-corrected chi connectivity index (χ3v) is 5.93. The molecule has 0 aliphatic rings. The SMILES string of the molecule is CCc1ccc(NC(=O)CSc2nnc3n(CC(C)C)c(=O)c4ccccc4n23)cc1. The standard InChI is InChI=1S/C23H25N5O2S/c1-4-16-9-11-17(12-10-16)24-20(29)14-31-23-26-25-22-27(13-15(2)3)21(30)18-7-5-6-8-19(18)28(22)23/h5-12,15H,4,13-14H2,1-3H3,(H,24,29). The molecule has 0 saturated heterocycles. The molecule has 2 heterocycles. The fourth-order valence-corrected chi connectivity index (χ4v) is 4.25. The summed E-state index contributed by atoms with van der Waals surface area (Å²) >= 11 is 1.30. The molecule has 0 saturated carbocycles. The van der Waals surface area contributed by atoms with E-state index >= 15 is 0 Å². The van der Waals surface area contributed by atoms with Crippen LogP contribution in [0.4, 0.5) is 5.69 Å². The molecular weight excluding hydrogens is 410 g/mol. The van der Waals surface area contributed by atoms with Crippen molar-refractivity contribution in [2.24, 2.45) is 5.92 Å². The Morgan fingerprint density at radius 2 is 1.84 bits per heavy atom. The van der Waals surface area contributed by atoms with Crippen LogP contribution in [-0.4, -0.2) is 30.8 Å². The average molecular weight is 436 g/mol. The zero-order valence-electron chi connectivity index (χ0n) is 17.8. The first-order chi connectivity index (χ1) is 15.0. The molecule has 0 bridgehead atoms. The number of nitrogens with zero attached hydrogens (tertiary/aromatic N) is 4. The van der Waals surface area contributed by atoms with E-state index in [1.54, 1.807) is 4.57 Å². The summed E-state index contributed by atoms with van der Waals surface area (Å²) < 4.78 is 3.53.